The third-order valence-corrected chi connectivity index (χ3v) is 6.39. The van der Waals surface area contributed by atoms with Crippen molar-refractivity contribution >= 4 is 35.1 Å². The Bertz CT molecular complexity index is 1480. The van der Waals surface area contributed by atoms with E-state index in [2.05, 4.69) is 14.9 Å². The summed E-state index contributed by atoms with van der Waals surface area (Å²) in [5.41, 5.74) is 4.57. The largest absolute Gasteiger partial charge is 0.511 e. The highest BCUT2D eigenvalue weighted by molar-refractivity contribution is 6.32. The molecule has 37 heavy (non-hydrogen) atoms. The minimum absolute atomic E-state index is 0.0370. The molecule has 1 aromatic heterocycles. The van der Waals surface area contributed by atoms with E-state index < -0.39 is 17.9 Å². The van der Waals surface area contributed by atoms with Crippen molar-refractivity contribution in [3.05, 3.63) is 117 Å². The first kappa shape index (κ1) is 26.1. The standard InChI is InChI=1S/C28H21Cl2FN2O4/c1-16-12-20(10-11-32-16)26(33-36)15-23(22-8-7-21(29)14-25(22)31)18-4-2-17(3-5-18)19-6-9-27(24(30)13-19)37-28(34)35/h2-14,23,36H,15H2,1H3,(H,34,35)/b33-26+/t23-/m1/s1. The SMILES string of the molecule is Cc1cc(/C(C[C@H](c2ccc(-c3ccc(OC(=O)O)c(Cl)c3)cc2)c2ccc(Cl)cc2F)=N/O)ccn1. The number of nitrogens with zero attached hydrogens (tertiary/aromatic N) is 2. The molecule has 0 saturated carbocycles. The van der Waals surface area contributed by atoms with Crippen LogP contribution in [0.2, 0.25) is 10.0 Å². The van der Waals surface area contributed by atoms with Gasteiger partial charge in [0.1, 0.15) is 5.82 Å². The lowest BCUT2D eigenvalue weighted by Crippen LogP contribution is -2.12. The van der Waals surface area contributed by atoms with Crippen LogP contribution in [0, 0.1) is 12.7 Å². The maximum Gasteiger partial charge on any atom is 0.511 e. The van der Waals surface area contributed by atoms with Crippen molar-refractivity contribution in [2.75, 3.05) is 0 Å². The quantitative estimate of drug-likeness (QED) is 0.0817. The van der Waals surface area contributed by atoms with E-state index in [0.717, 1.165) is 22.4 Å². The number of hydrogen-bond donors (Lipinski definition) is 2. The summed E-state index contributed by atoms with van der Waals surface area (Å²) < 4.78 is 19.7. The van der Waals surface area contributed by atoms with E-state index in [1.165, 1.54) is 12.1 Å². The van der Waals surface area contributed by atoms with Crippen LogP contribution < -0.4 is 4.74 Å². The van der Waals surface area contributed by atoms with Crippen molar-refractivity contribution in [2.45, 2.75) is 19.3 Å². The Labute approximate surface area is 222 Å². The van der Waals surface area contributed by atoms with E-state index in [1.807, 2.05) is 31.2 Å². The average molecular weight is 539 g/mol. The molecule has 0 radical (unpaired) electrons. The summed E-state index contributed by atoms with van der Waals surface area (Å²) in [6.45, 7) is 1.83. The van der Waals surface area contributed by atoms with Gasteiger partial charge in [-0.05, 0) is 65.6 Å². The van der Waals surface area contributed by atoms with E-state index in [4.69, 9.17) is 28.3 Å². The highest BCUT2D eigenvalue weighted by atomic mass is 35.5. The molecular weight excluding hydrogens is 518 g/mol. The zero-order chi connectivity index (χ0) is 26.5. The summed E-state index contributed by atoms with van der Waals surface area (Å²) in [5, 5.41) is 22.6. The van der Waals surface area contributed by atoms with Crippen LogP contribution in [-0.4, -0.2) is 27.2 Å². The number of benzene rings is 3. The normalized spacial score (nSPS) is 12.3. The lowest BCUT2D eigenvalue weighted by atomic mass is 9.84. The summed E-state index contributed by atoms with van der Waals surface area (Å²) in [6, 6.07) is 20.2. The molecule has 4 rings (SSSR count). The van der Waals surface area contributed by atoms with E-state index >= 15 is 4.39 Å². The molecule has 1 heterocycles. The first-order valence-corrected chi connectivity index (χ1v) is 11.9. The van der Waals surface area contributed by atoms with Gasteiger partial charge in [-0.1, -0.05) is 64.8 Å². The number of carbonyl (C=O) groups is 1. The van der Waals surface area contributed by atoms with Gasteiger partial charge in [0.05, 0.1) is 10.7 Å². The lowest BCUT2D eigenvalue weighted by Gasteiger charge is -2.20. The van der Waals surface area contributed by atoms with Gasteiger partial charge < -0.3 is 15.1 Å². The third-order valence-electron chi connectivity index (χ3n) is 5.86. The third kappa shape index (κ3) is 6.25. The van der Waals surface area contributed by atoms with Crippen LogP contribution in [-0.2, 0) is 0 Å². The van der Waals surface area contributed by atoms with Crippen LogP contribution in [0.4, 0.5) is 9.18 Å². The van der Waals surface area contributed by atoms with Crippen LogP contribution >= 0.6 is 23.2 Å². The first-order chi connectivity index (χ1) is 17.7. The molecule has 0 saturated heterocycles. The number of halogens is 3. The Hall–Kier alpha value is -3.94. The summed E-state index contributed by atoms with van der Waals surface area (Å²) in [7, 11) is 0. The van der Waals surface area contributed by atoms with Gasteiger partial charge in [0.25, 0.3) is 0 Å². The van der Waals surface area contributed by atoms with Crippen LogP contribution in [0.5, 0.6) is 5.75 Å². The Morgan fingerprint density at radius 2 is 1.76 bits per heavy atom. The van der Waals surface area contributed by atoms with Crippen molar-refractivity contribution in [2.24, 2.45) is 5.16 Å². The molecule has 3 aromatic carbocycles. The number of hydrogen-bond acceptors (Lipinski definition) is 5. The van der Waals surface area contributed by atoms with Crippen molar-refractivity contribution in [1.29, 1.82) is 0 Å². The van der Waals surface area contributed by atoms with Crippen LogP contribution in [0.3, 0.4) is 0 Å². The van der Waals surface area contributed by atoms with E-state index in [0.29, 0.717) is 16.8 Å². The van der Waals surface area contributed by atoms with Gasteiger partial charge in [-0.25, -0.2) is 9.18 Å². The van der Waals surface area contributed by atoms with E-state index in [9.17, 15) is 10.0 Å². The second kappa shape index (κ2) is 11.4. The fraction of sp³-hybridized carbons (Fsp3) is 0.107. The molecular formula is C28H21Cl2FN2O4. The second-order valence-electron chi connectivity index (χ2n) is 8.29. The summed E-state index contributed by atoms with van der Waals surface area (Å²) in [4.78, 5) is 15.0. The maximum absolute atomic E-state index is 15.1. The first-order valence-electron chi connectivity index (χ1n) is 11.1. The van der Waals surface area contributed by atoms with Crippen LogP contribution in [0.15, 0.2) is 84.1 Å². The van der Waals surface area contributed by atoms with Gasteiger partial charge in [-0.2, -0.15) is 0 Å². The highest BCUT2D eigenvalue weighted by Crippen LogP contribution is 2.35. The molecule has 2 N–H and O–H groups in total. The maximum atomic E-state index is 15.1. The number of aryl methyl sites for hydroxylation is 1. The van der Waals surface area contributed by atoms with Crippen molar-refractivity contribution in [3.63, 3.8) is 0 Å². The van der Waals surface area contributed by atoms with Crippen molar-refractivity contribution in [3.8, 4) is 16.9 Å². The Balaban J connectivity index is 1.70. The molecule has 4 aromatic rings. The molecule has 188 valence electrons. The Kier molecular flexibility index (Phi) is 8.06. The summed E-state index contributed by atoms with van der Waals surface area (Å²) >= 11 is 12.2. The lowest BCUT2D eigenvalue weighted by molar-refractivity contribution is 0.144. The average Bonchev–Trinajstić information content (AvgIpc) is 2.86. The Morgan fingerprint density at radius 3 is 2.38 bits per heavy atom. The number of rotatable bonds is 7. The van der Waals surface area contributed by atoms with Gasteiger partial charge in [0.15, 0.2) is 5.75 Å². The minimum Gasteiger partial charge on any atom is -0.449 e. The van der Waals surface area contributed by atoms with Crippen molar-refractivity contribution in [1.82, 2.24) is 4.98 Å². The van der Waals surface area contributed by atoms with Gasteiger partial charge in [0.2, 0.25) is 0 Å². The number of pyridine rings is 1. The van der Waals surface area contributed by atoms with Crippen molar-refractivity contribution < 1.29 is 24.2 Å². The van der Waals surface area contributed by atoms with Crippen LogP contribution in [0.1, 0.15) is 34.7 Å². The molecule has 0 aliphatic carbocycles. The summed E-state index contributed by atoms with van der Waals surface area (Å²) in [6.07, 6.45) is 0.387. The molecule has 6 nitrogen and oxygen atoms in total. The monoisotopic (exact) mass is 538 g/mol. The van der Waals surface area contributed by atoms with E-state index in [-0.39, 0.29) is 22.2 Å². The predicted molar refractivity (Wildman–Crippen MR) is 141 cm³/mol. The Morgan fingerprint density at radius 1 is 1.03 bits per heavy atom. The van der Waals surface area contributed by atoms with Gasteiger partial charge >= 0.3 is 6.16 Å². The van der Waals surface area contributed by atoms with E-state index in [1.54, 1.807) is 42.6 Å². The predicted octanol–water partition coefficient (Wildman–Crippen LogP) is 7.96. The summed E-state index contributed by atoms with van der Waals surface area (Å²) in [5.74, 6) is -0.916. The molecule has 0 bridgehead atoms. The molecule has 0 fully saturated rings. The smallest absolute Gasteiger partial charge is 0.449 e. The van der Waals surface area contributed by atoms with Crippen LogP contribution in [0.25, 0.3) is 11.1 Å². The zero-order valence-corrected chi connectivity index (χ0v) is 21.0. The number of oxime groups is 1. The number of carboxylic acid groups (broad SMARTS) is 1. The number of aromatic nitrogens is 1. The molecule has 0 spiro atoms. The molecule has 0 amide bonds. The molecule has 9 heteroatoms. The van der Waals surface area contributed by atoms with Gasteiger partial charge in [-0.15, -0.1) is 0 Å². The fourth-order valence-electron chi connectivity index (χ4n) is 4.09. The molecule has 0 aliphatic heterocycles. The topological polar surface area (TPSA) is 92.0 Å². The van der Waals surface area contributed by atoms with Gasteiger partial charge in [0, 0.05) is 34.8 Å². The second-order valence-corrected chi connectivity index (χ2v) is 9.13. The highest BCUT2D eigenvalue weighted by Gasteiger charge is 2.22. The molecule has 1 atom stereocenters. The number of ether oxygens (including phenoxy) is 1. The zero-order valence-electron chi connectivity index (χ0n) is 19.5. The minimum atomic E-state index is -1.45. The molecule has 0 aliphatic rings. The molecule has 0 unspecified atom stereocenters. The van der Waals surface area contributed by atoms with Gasteiger partial charge in [-0.3, -0.25) is 4.98 Å². The fourth-order valence-corrected chi connectivity index (χ4v) is 4.47.